The fourth-order valence-corrected chi connectivity index (χ4v) is 8.61. The minimum atomic E-state index is -1.79. The topological polar surface area (TPSA) is 178 Å². The van der Waals surface area contributed by atoms with Gasteiger partial charge in [-0.05, 0) is 94.3 Å². The van der Waals surface area contributed by atoms with Crippen molar-refractivity contribution < 1.29 is 58.4 Å². The Labute approximate surface area is 312 Å². The molecule has 0 saturated carbocycles. The van der Waals surface area contributed by atoms with Crippen LogP contribution in [0.2, 0.25) is 0 Å². The summed E-state index contributed by atoms with van der Waals surface area (Å²) in [5.74, 6) is -2.46. The van der Waals surface area contributed by atoms with Crippen LogP contribution in [0.3, 0.4) is 0 Å². The molecule has 3 rings (SSSR count). The van der Waals surface area contributed by atoms with Crippen LogP contribution < -0.4 is 5.32 Å². The molecular formula is C38H72N2O12. The molecule has 3 fully saturated rings. The molecule has 0 aliphatic carbocycles. The van der Waals surface area contributed by atoms with Gasteiger partial charge in [0.25, 0.3) is 0 Å². The Morgan fingerprint density at radius 2 is 1.56 bits per heavy atom. The summed E-state index contributed by atoms with van der Waals surface area (Å²) >= 11 is 0. The van der Waals surface area contributed by atoms with Crippen LogP contribution in [-0.2, 0) is 38.0 Å². The first-order valence-electron chi connectivity index (χ1n) is 19.1. The Bertz CT molecular complexity index is 1130. The van der Waals surface area contributed by atoms with Crippen LogP contribution in [-0.4, -0.2) is 156 Å². The lowest BCUT2D eigenvalue weighted by molar-refractivity contribution is -0.319. The van der Waals surface area contributed by atoms with Crippen LogP contribution in [0.5, 0.6) is 0 Å². The van der Waals surface area contributed by atoms with E-state index in [-0.39, 0.29) is 37.3 Å². The first kappa shape index (κ1) is 45.4. The molecule has 1 unspecified atom stereocenters. The molecule has 0 spiro atoms. The number of rotatable bonds is 8. The number of carbonyl (C=O) groups is 1. The number of likely N-dealkylation sites (N-methyl/N-ethyl adjacent to an activating group) is 1. The summed E-state index contributed by atoms with van der Waals surface area (Å²) in [7, 11) is 7.10. The quantitative estimate of drug-likeness (QED) is 0.228. The summed E-state index contributed by atoms with van der Waals surface area (Å²) in [5.41, 5.74) is -4.29. The summed E-state index contributed by atoms with van der Waals surface area (Å²) in [5, 5.41) is 49.7. The molecular weight excluding hydrogens is 676 g/mol. The fourth-order valence-electron chi connectivity index (χ4n) is 8.61. The van der Waals surface area contributed by atoms with Crippen molar-refractivity contribution in [1.82, 2.24) is 10.2 Å². The lowest BCUT2D eigenvalue weighted by Crippen LogP contribution is -2.61. The Kier molecular flexibility index (Phi) is 16.0. The number of esters is 1. The van der Waals surface area contributed by atoms with Crippen molar-refractivity contribution in [2.75, 3.05) is 34.9 Å². The molecule has 0 aromatic carbocycles. The Balaban J connectivity index is 2.17. The highest BCUT2D eigenvalue weighted by Crippen LogP contribution is 2.40. The van der Waals surface area contributed by atoms with Crippen LogP contribution in [0.15, 0.2) is 0 Å². The van der Waals surface area contributed by atoms with Gasteiger partial charge in [0.05, 0.1) is 41.5 Å². The van der Waals surface area contributed by atoms with Crippen LogP contribution in [0.4, 0.5) is 0 Å². The molecule has 18 atom stereocenters. The molecule has 14 nitrogen and oxygen atoms in total. The van der Waals surface area contributed by atoms with E-state index in [1.165, 1.54) is 14.0 Å². The molecule has 3 aliphatic heterocycles. The lowest BCUT2D eigenvalue weighted by atomic mass is 9.77. The minimum Gasteiger partial charge on any atom is -0.459 e. The van der Waals surface area contributed by atoms with E-state index in [2.05, 4.69) is 10.2 Å². The number of hydrogen-bond donors (Lipinski definition) is 5. The van der Waals surface area contributed by atoms with Crippen molar-refractivity contribution >= 4 is 5.97 Å². The normalized spacial score (nSPS) is 49.2. The van der Waals surface area contributed by atoms with Crippen LogP contribution in [0.25, 0.3) is 0 Å². The molecule has 5 N–H and O–H groups in total. The van der Waals surface area contributed by atoms with E-state index in [1.807, 2.05) is 34.9 Å². The van der Waals surface area contributed by atoms with E-state index in [0.717, 1.165) is 0 Å². The average Bonchev–Trinajstić information content (AvgIpc) is 3.07. The molecule has 14 heteroatoms. The molecule has 3 heterocycles. The smallest absolute Gasteiger partial charge is 0.311 e. The van der Waals surface area contributed by atoms with Crippen molar-refractivity contribution in [3.05, 3.63) is 0 Å². The number of aliphatic hydroxyl groups is 4. The Hall–Kier alpha value is -1.01. The minimum absolute atomic E-state index is 0.0349. The molecule has 0 amide bonds. The summed E-state index contributed by atoms with van der Waals surface area (Å²) in [6.45, 7) is 18.2. The second kappa shape index (κ2) is 18.3. The maximum Gasteiger partial charge on any atom is 0.311 e. The van der Waals surface area contributed by atoms with E-state index >= 15 is 0 Å². The van der Waals surface area contributed by atoms with Gasteiger partial charge >= 0.3 is 5.97 Å². The maximum atomic E-state index is 14.2. The van der Waals surface area contributed by atoms with Crippen LogP contribution >= 0.6 is 0 Å². The summed E-state index contributed by atoms with van der Waals surface area (Å²) in [6, 6.07) is -0.606. The number of ether oxygens (including phenoxy) is 7. The van der Waals surface area contributed by atoms with Gasteiger partial charge in [0.1, 0.15) is 30.0 Å². The van der Waals surface area contributed by atoms with Crippen LogP contribution in [0.1, 0.15) is 94.9 Å². The van der Waals surface area contributed by atoms with E-state index in [1.54, 1.807) is 48.7 Å². The molecule has 52 heavy (non-hydrogen) atoms. The third-order valence-corrected chi connectivity index (χ3v) is 12.0. The van der Waals surface area contributed by atoms with Gasteiger partial charge in [-0.25, -0.2) is 0 Å². The molecule has 306 valence electrons. The summed E-state index contributed by atoms with van der Waals surface area (Å²) in [6.07, 6.45) is -6.93. The fraction of sp³-hybridized carbons (Fsp3) is 0.974. The largest absolute Gasteiger partial charge is 0.459 e. The monoisotopic (exact) mass is 749 g/mol. The zero-order chi connectivity index (χ0) is 39.5. The molecule has 0 radical (unpaired) electrons. The highest BCUT2D eigenvalue weighted by atomic mass is 16.7. The van der Waals surface area contributed by atoms with E-state index < -0.39 is 96.0 Å². The predicted molar refractivity (Wildman–Crippen MR) is 194 cm³/mol. The van der Waals surface area contributed by atoms with E-state index in [9.17, 15) is 25.2 Å². The maximum absolute atomic E-state index is 14.2. The van der Waals surface area contributed by atoms with Gasteiger partial charge in [-0.15, -0.1) is 0 Å². The zero-order valence-electron chi connectivity index (χ0n) is 34.2. The summed E-state index contributed by atoms with van der Waals surface area (Å²) < 4.78 is 44.0. The van der Waals surface area contributed by atoms with Gasteiger partial charge in [-0.2, -0.15) is 0 Å². The van der Waals surface area contributed by atoms with Crippen LogP contribution in [0, 0.1) is 17.8 Å². The second-order valence-electron chi connectivity index (χ2n) is 16.9. The predicted octanol–water partition coefficient (Wildman–Crippen LogP) is 2.21. The van der Waals surface area contributed by atoms with Crippen molar-refractivity contribution in [2.45, 2.75) is 185 Å². The number of methoxy groups -OCH3 is 2. The SMILES string of the molecule is CCC1OC(=O)[C@H](C)[C@@H](O[C@H]2C[C@@](C)(OC)[C@@H](O)[C@H](C)O2)[C@H](C)[C@@H](O[C@@H]2O[C@H](C)C[C@H](N(C)C)[C@H]2OC)[C@](C)(O)C[C@@H](C)CN[C@H](C)[C@@H](O)[C@]1(C)O. The first-order chi connectivity index (χ1) is 24.0. The number of carbonyl (C=O) groups excluding carboxylic acids is 1. The lowest BCUT2D eigenvalue weighted by Gasteiger charge is -2.49. The molecule has 0 aromatic rings. The number of nitrogens with zero attached hydrogens (tertiary/aromatic N) is 1. The number of cyclic esters (lactones) is 1. The summed E-state index contributed by atoms with van der Waals surface area (Å²) in [4.78, 5) is 16.3. The van der Waals surface area contributed by atoms with E-state index in [0.29, 0.717) is 13.0 Å². The number of aliphatic hydroxyl groups excluding tert-OH is 2. The van der Waals surface area contributed by atoms with Crippen molar-refractivity contribution in [2.24, 2.45) is 17.8 Å². The van der Waals surface area contributed by atoms with Crippen molar-refractivity contribution in [1.29, 1.82) is 0 Å². The molecule has 0 bridgehead atoms. The van der Waals surface area contributed by atoms with Crippen molar-refractivity contribution in [3.63, 3.8) is 0 Å². The van der Waals surface area contributed by atoms with Gasteiger partial charge in [0, 0.05) is 38.6 Å². The Morgan fingerprint density at radius 3 is 2.12 bits per heavy atom. The van der Waals surface area contributed by atoms with Gasteiger partial charge in [-0.1, -0.05) is 20.8 Å². The van der Waals surface area contributed by atoms with Crippen molar-refractivity contribution in [3.8, 4) is 0 Å². The molecule has 3 aliphatic rings. The number of nitrogens with one attached hydrogen (secondary N) is 1. The van der Waals surface area contributed by atoms with Gasteiger partial charge in [0.2, 0.25) is 0 Å². The first-order valence-corrected chi connectivity index (χ1v) is 19.1. The molecule has 0 aromatic heterocycles. The molecule has 3 saturated heterocycles. The standard InChI is InChI=1S/C38H72N2O12/c1-15-27-38(10,45)31(41)24(6)39-19-20(2)17-36(8,44)33(52-35-30(46-13)26(40(11)12)16-21(3)48-35)22(4)29(23(5)34(43)50-27)51-28-18-37(9,47-14)32(42)25(7)49-28/h20-33,35,39,41-42,44-45H,15-19H2,1-14H3/t20-,21-,22+,23-,24-,25+,26+,27?,28+,29+,30-,31-,32+,33-,35+,36-,37-,38-/m1/s1. The highest BCUT2D eigenvalue weighted by Gasteiger charge is 2.52. The number of hydrogen-bond acceptors (Lipinski definition) is 14. The average molecular weight is 749 g/mol. The Morgan fingerprint density at radius 1 is 0.923 bits per heavy atom. The van der Waals surface area contributed by atoms with E-state index in [4.69, 9.17) is 33.2 Å². The van der Waals surface area contributed by atoms with Gasteiger partial charge in [-0.3, -0.25) is 4.79 Å². The second-order valence-corrected chi connectivity index (χ2v) is 16.9. The highest BCUT2D eigenvalue weighted by molar-refractivity contribution is 5.73. The third kappa shape index (κ3) is 10.2. The zero-order valence-corrected chi connectivity index (χ0v) is 34.2. The third-order valence-electron chi connectivity index (χ3n) is 12.0. The van der Waals surface area contributed by atoms with Gasteiger partial charge < -0.3 is 63.8 Å². The van der Waals surface area contributed by atoms with Gasteiger partial charge in [0.15, 0.2) is 12.6 Å².